The predicted molar refractivity (Wildman–Crippen MR) is 102 cm³/mol. The second-order valence-corrected chi connectivity index (χ2v) is 6.76. The lowest BCUT2D eigenvalue weighted by atomic mass is 10.2. The Morgan fingerprint density at radius 3 is 2.76 bits per heavy atom. The summed E-state index contributed by atoms with van der Waals surface area (Å²) in [5.74, 6) is 0.701. The summed E-state index contributed by atoms with van der Waals surface area (Å²) >= 11 is 1.18. The van der Waals surface area contributed by atoms with Gasteiger partial charge in [-0.25, -0.2) is 4.79 Å². The fraction of sp³-hybridized carbons (Fsp3) is 0.167. The van der Waals surface area contributed by atoms with E-state index < -0.39 is 5.97 Å². The molecule has 10 nitrogen and oxygen atoms in total. The third-order valence-corrected chi connectivity index (χ3v) is 4.88. The molecule has 1 aliphatic rings. The Morgan fingerprint density at radius 2 is 1.97 bits per heavy atom. The van der Waals surface area contributed by atoms with Crippen LogP contribution in [-0.2, 0) is 9.53 Å². The third-order valence-electron chi connectivity index (χ3n) is 3.96. The number of fused-ring (bicyclic) bond motifs is 1. The fourth-order valence-electron chi connectivity index (χ4n) is 2.59. The average Bonchev–Trinajstić information content (AvgIpc) is 3.40. The molecule has 0 atom stereocenters. The molecule has 0 spiro atoms. The summed E-state index contributed by atoms with van der Waals surface area (Å²) in [5, 5.41) is 14.8. The van der Waals surface area contributed by atoms with E-state index in [2.05, 4.69) is 25.6 Å². The third kappa shape index (κ3) is 4.14. The number of hydrogen-bond donors (Lipinski definition) is 1. The van der Waals surface area contributed by atoms with E-state index in [1.165, 1.54) is 23.6 Å². The Hall–Kier alpha value is -3.60. The van der Waals surface area contributed by atoms with Gasteiger partial charge in [0, 0.05) is 11.8 Å². The van der Waals surface area contributed by atoms with Gasteiger partial charge in [-0.05, 0) is 46.8 Å². The molecule has 0 unspecified atom stereocenters. The lowest BCUT2D eigenvalue weighted by Crippen LogP contribution is -2.14. The van der Waals surface area contributed by atoms with Crippen molar-refractivity contribution in [3.8, 4) is 17.2 Å². The van der Waals surface area contributed by atoms with Crippen molar-refractivity contribution in [2.24, 2.45) is 0 Å². The monoisotopic (exact) mass is 413 g/mol. The smallest absolute Gasteiger partial charge is 0.337 e. The second kappa shape index (κ2) is 8.19. The van der Waals surface area contributed by atoms with Crippen LogP contribution < -0.4 is 14.8 Å². The number of aromatic nitrogens is 4. The molecule has 1 N–H and O–H groups in total. The number of nitrogens with one attached hydrogen (secondary N) is 1. The number of amides is 1. The number of nitrogens with zero attached hydrogens (tertiary/aromatic N) is 4. The molecule has 2 aromatic carbocycles. The number of rotatable bonds is 6. The van der Waals surface area contributed by atoms with Crippen LogP contribution in [0.3, 0.4) is 0 Å². The summed E-state index contributed by atoms with van der Waals surface area (Å²) in [6.07, 6.45) is 0. The molecule has 1 aromatic heterocycles. The number of esters is 1. The molecular weight excluding hydrogens is 398 g/mol. The first kappa shape index (κ1) is 18.7. The van der Waals surface area contributed by atoms with Gasteiger partial charge < -0.3 is 19.5 Å². The highest BCUT2D eigenvalue weighted by atomic mass is 32.2. The zero-order valence-electron chi connectivity index (χ0n) is 15.2. The van der Waals surface area contributed by atoms with E-state index in [9.17, 15) is 9.59 Å². The molecule has 0 saturated heterocycles. The minimum Gasteiger partial charge on any atom is -0.465 e. The van der Waals surface area contributed by atoms with Crippen LogP contribution in [0.2, 0.25) is 0 Å². The van der Waals surface area contributed by atoms with Gasteiger partial charge in [-0.3, -0.25) is 4.79 Å². The molecule has 29 heavy (non-hydrogen) atoms. The molecule has 3 aromatic rings. The highest BCUT2D eigenvalue weighted by Gasteiger charge is 2.16. The zero-order chi connectivity index (χ0) is 20.2. The Bertz CT molecular complexity index is 1050. The van der Waals surface area contributed by atoms with Crippen molar-refractivity contribution in [1.82, 2.24) is 20.2 Å². The van der Waals surface area contributed by atoms with E-state index in [4.69, 9.17) is 9.47 Å². The van der Waals surface area contributed by atoms with Crippen LogP contribution in [0.5, 0.6) is 11.5 Å². The number of ether oxygens (including phenoxy) is 3. The molecule has 0 aliphatic carbocycles. The molecule has 2 heterocycles. The van der Waals surface area contributed by atoms with Crippen LogP contribution in [0.25, 0.3) is 5.69 Å². The highest BCUT2D eigenvalue weighted by Crippen LogP contribution is 2.34. The van der Waals surface area contributed by atoms with Gasteiger partial charge in [0.1, 0.15) is 0 Å². The van der Waals surface area contributed by atoms with Gasteiger partial charge in [0.25, 0.3) is 0 Å². The van der Waals surface area contributed by atoms with Crippen LogP contribution in [0.1, 0.15) is 10.4 Å². The number of carbonyl (C=O) groups is 2. The SMILES string of the molecule is COC(=O)c1ccc(-n2nnnc2SCC(=O)Nc2ccc3c(c2)OCO3)cc1. The van der Waals surface area contributed by atoms with Crippen molar-refractivity contribution in [2.45, 2.75) is 5.16 Å². The summed E-state index contributed by atoms with van der Waals surface area (Å²) in [6.45, 7) is 0.172. The lowest BCUT2D eigenvalue weighted by molar-refractivity contribution is -0.113. The number of hydrogen-bond acceptors (Lipinski definition) is 9. The van der Waals surface area contributed by atoms with Crippen LogP contribution in [0.15, 0.2) is 47.6 Å². The quantitative estimate of drug-likeness (QED) is 0.477. The van der Waals surface area contributed by atoms with Crippen LogP contribution in [0, 0.1) is 0 Å². The molecule has 4 rings (SSSR count). The second-order valence-electron chi connectivity index (χ2n) is 5.82. The molecule has 1 amide bonds. The maximum Gasteiger partial charge on any atom is 0.337 e. The number of anilines is 1. The number of carbonyl (C=O) groups excluding carboxylic acids is 2. The maximum atomic E-state index is 12.3. The minimum atomic E-state index is -0.428. The predicted octanol–water partition coefficient (Wildman–Crippen LogP) is 1.91. The Balaban J connectivity index is 1.39. The zero-order valence-corrected chi connectivity index (χ0v) is 16.0. The van der Waals surface area contributed by atoms with Gasteiger partial charge in [0.15, 0.2) is 11.5 Å². The summed E-state index contributed by atoms with van der Waals surface area (Å²) in [7, 11) is 1.32. The normalized spacial score (nSPS) is 11.9. The van der Waals surface area contributed by atoms with E-state index >= 15 is 0 Å². The van der Waals surface area contributed by atoms with Gasteiger partial charge >= 0.3 is 5.97 Å². The number of benzene rings is 2. The molecule has 0 radical (unpaired) electrons. The largest absolute Gasteiger partial charge is 0.465 e. The van der Waals surface area contributed by atoms with E-state index in [-0.39, 0.29) is 18.5 Å². The van der Waals surface area contributed by atoms with Crippen molar-refractivity contribution >= 4 is 29.3 Å². The first-order chi connectivity index (χ1) is 14.1. The first-order valence-electron chi connectivity index (χ1n) is 8.43. The summed E-state index contributed by atoms with van der Waals surface area (Å²) in [6, 6.07) is 11.8. The minimum absolute atomic E-state index is 0.106. The summed E-state index contributed by atoms with van der Waals surface area (Å²) in [4.78, 5) is 23.8. The van der Waals surface area contributed by atoms with Crippen molar-refractivity contribution in [1.29, 1.82) is 0 Å². The topological polar surface area (TPSA) is 117 Å². The van der Waals surface area contributed by atoms with Gasteiger partial charge in [-0.2, -0.15) is 4.68 Å². The first-order valence-corrected chi connectivity index (χ1v) is 9.42. The molecular formula is C18H15N5O5S. The molecule has 0 bridgehead atoms. The van der Waals surface area contributed by atoms with Crippen molar-refractivity contribution in [3.05, 3.63) is 48.0 Å². The van der Waals surface area contributed by atoms with E-state index in [0.717, 1.165) is 0 Å². The molecule has 0 saturated carbocycles. The fourth-order valence-corrected chi connectivity index (χ4v) is 3.28. The molecule has 0 fully saturated rings. The summed E-state index contributed by atoms with van der Waals surface area (Å²) < 4.78 is 16.7. The molecule has 11 heteroatoms. The summed E-state index contributed by atoms with van der Waals surface area (Å²) in [5.41, 5.74) is 1.68. The van der Waals surface area contributed by atoms with Crippen molar-refractivity contribution in [2.75, 3.05) is 25.0 Å². The van der Waals surface area contributed by atoms with Crippen molar-refractivity contribution in [3.63, 3.8) is 0 Å². The number of tetrazole rings is 1. The Kier molecular flexibility index (Phi) is 5.29. The maximum absolute atomic E-state index is 12.3. The van der Waals surface area contributed by atoms with Crippen LogP contribution in [-0.4, -0.2) is 51.7 Å². The Morgan fingerprint density at radius 1 is 1.17 bits per heavy atom. The standard InChI is InChI=1S/C18H15N5O5S/c1-26-17(25)11-2-5-13(6-3-11)23-18(20-21-22-23)29-9-16(24)19-12-4-7-14-15(8-12)28-10-27-14/h2-8H,9-10H2,1H3,(H,19,24). The van der Waals surface area contributed by atoms with E-state index in [1.54, 1.807) is 42.5 Å². The van der Waals surface area contributed by atoms with E-state index in [1.807, 2.05) is 0 Å². The molecule has 148 valence electrons. The Labute approximate surface area is 169 Å². The lowest BCUT2D eigenvalue weighted by Gasteiger charge is -2.07. The van der Waals surface area contributed by atoms with Gasteiger partial charge in [-0.1, -0.05) is 11.8 Å². The van der Waals surface area contributed by atoms with Crippen LogP contribution in [0.4, 0.5) is 5.69 Å². The van der Waals surface area contributed by atoms with Crippen LogP contribution >= 0.6 is 11.8 Å². The highest BCUT2D eigenvalue weighted by molar-refractivity contribution is 7.99. The van der Waals surface area contributed by atoms with Crippen molar-refractivity contribution < 1.29 is 23.8 Å². The number of thioether (sulfide) groups is 1. The average molecular weight is 413 g/mol. The van der Waals surface area contributed by atoms with Gasteiger partial charge in [0.2, 0.25) is 17.9 Å². The van der Waals surface area contributed by atoms with E-state index in [0.29, 0.717) is 33.6 Å². The van der Waals surface area contributed by atoms with Gasteiger partial charge in [-0.15, -0.1) is 5.10 Å². The number of methoxy groups -OCH3 is 1. The molecule has 1 aliphatic heterocycles. The van der Waals surface area contributed by atoms with Gasteiger partial charge in [0.05, 0.1) is 24.1 Å².